The van der Waals surface area contributed by atoms with Crippen LogP contribution in [0.15, 0.2) is 41.6 Å². The van der Waals surface area contributed by atoms with Gasteiger partial charge in [0.2, 0.25) is 5.95 Å². The number of ether oxygens (including phenoxy) is 1. The molecule has 0 aliphatic carbocycles. The summed E-state index contributed by atoms with van der Waals surface area (Å²) in [5.74, 6) is 0.691. The fraction of sp³-hybridized carbons (Fsp3) is 0.464. The maximum absolute atomic E-state index is 13.6. The summed E-state index contributed by atoms with van der Waals surface area (Å²) in [5, 5.41) is 9.09. The number of nitrogens with zero attached hydrogens (tertiary/aromatic N) is 5. The molecule has 2 aliphatic rings. The molecule has 0 bridgehead atoms. The van der Waals surface area contributed by atoms with E-state index < -0.39 is 0 Å². The summed E-state index contributed by atoms with van der Waals surface area (Å²) in [7, 11) is 0. The summed E-state index contributed by atoms with van der Waals surface area (Å²) >= 11 is 0. The summed E-state index contributed by atoms with van der Waals surface area (Å²) < 4.78 is 9.24. The smallest absolute Gasteiger partial charge is 0.259 e. The fourth-order valence-electron chi connectivity index (χ4n) is 5.47. The number of fused-ring (bicyclic) bond motifs is 2. The van der Waals surface area contributed by atoms with Gasteiger partial charge < -0.3 is 15.0 Å². The van der Waals surface area contributed by atoms with E-state index >= 15 is 0 Å². The van der Waals surface area contributed by atoms with Gasteiger partial charge in [-0.05, 0) is 37.5 Å². The lowest BCUT2D eigenvalue weighted by molar-refractivity contribution is 0.0360. The topological polar surface area (TPSA) is 93.0 Å². The lowest BCUT2D eigenvalue weighted by Crippen LogP contribution is -2.38. The summed E-state index contributed by atoms with van der Waals surface area (Å²) in [5.41, 5.74) is 5.48. The molecule has 1 fully saturated rings. The highest BCUT2D eigenvalue weighted by Gasteiger charge is 2.32. The van der Waals surface area contributed by atoms with Crippen molar-refractivity contribution >= 4 is 16.9 Å². The maximum atomic E-state index is 13.6. The van der Waals surface area contributed by atoms with Crippen LogP contribution in [0.25, 0.3) is 33.3 Å². The summed E-state index contributed by atoms with van der Waals surface area (Å²) in [6.45, 7) is 14.3. The van der Waals surface area contributed by atoms with Crippen molar-refractivity contribution in [3.63, 3.8) is 0 Å². The molecule has 0 radical (unpaired) electrons. The Morgan fingerprint density at radius 1 is 1.14 bits per heavy atom. The van der Waals surface area contributed by atoms with Gasteiger partial charge in [0.1, 0.15) is 0 Å². The van der Waals surface area contributed by atoms with Crippen molar-refractivity contribution in [3.8, 4) is 22.4 Å². The number of aromatic nitrogens is 5. The van der Waals surface area contributed by atoms with Crippen LogP contribution < -0.4 is 10.9 Å². The number of benzene rings is 1. The lowest BCUT2D eigenvalue weighted by atomic mass is 9.97. The van der Waals surface area contributed by atoms with Crippen LogP contribution in [0.4, 0.5) is 5.95 Å². The Labute approximate surface area is 216 Å². The highest BCUT2D eigenvalue weighted by Crippen LogP contribution is 2.36. The van der Waals surface area contributed by atoms with Crippen LogP contribution in [0, 0.1) is 0 Å². The first-order valence-corrected chi connectivity index (χ1v) is 13.2. The van der Waals surface area contributed by atoms with Gasteiger partial charge in [-0.2, -0.15) is 5.10 Å². The third-order valence-corrected chi connectivity index (χ3v) is 7.44. The Kier molecular flexibility index (Phi) is 5.92. The molecule has 2 N–H and O–H groups in total. The number of hydrogen-bond acceptors (Lipinski definition) is 6. The zero-order chi connectivity index (χ0) is 25.7. The van der Waals surface area contributed by atoms with E-state index in [1.54, 1.807) is 4.57 Å². The van der Waals surface area contributed by atoms with Gasteiger partial charge >= 0.3 is 0 Å². The second kappa shape index (κ2) is 9.15. The lowest BCUT2D eigenvalue weighted by Gasteiger charge is -2.26. The highest BCUT2D eigenvalue weighted by atomic mass is 16.5. The molecule has 1 saturated heterocycles. The van der Waals surface area contributed by atoms with Gasteiger partial charge in [0.15, 0.2) is 0 Å². The first-order chi connectivity index (χ1) is 17.8. The van der Waals surface area contributed by atoms with Gasteiger partial charge in [-0.25, -0.2) is 4.98 Å². The van der Waals surface area contributed by atoms with Crippen molar-refractivity contribution in [2.45, 2.75) is 52.2 Å². The number of aromatic amines is 1. The molecule has 6 rings (SSSR count). The van der Waals surface area contributed by atoms with Gasteiger partial charge in [-0.1, -0.05) is 19.9 Å². The number of morpholine rings is 1. The molecule has 0 amide bonds. The molecule has 1 aromatic carbocycles. The van der Waals surface area contributed by atoms with Crippen LogP contribution >= 0.6 is 0 Å². The quantitative estimate of drug-likeness (QED) is 0.416. The second-order valence-electron chi connectivity index (χ2n) is 11.2. The Morgan fingerprint density at radius 2 is 1.95 bits per heavy atom. The highest BCUT2D eigenvalue weighted by molar-refractivity contribution is 5.98. The predicted octanol–water partition coefficient (Wildman–Crippen LogP) is 3.91. The molecule has 194 valence electrons. The zero-order valence-electron chi connectivity index (χ0n) is 22.0. The largest absolute Gasteiger partial charge is 0.379 e. The molecule has 0 saturated carbocycles. The van der Waals surface area contributed by atoms with E-state index in [0.29, 0.717) is 12.5 Å². The zero-order valence-corrected chi connectivity index (χ0v) is 22.0. The molecule has 0 atom stereocenters. The monoisotopic (exact) mass is 501 g/mol. The number of rotatable bonds is 6. The van der Waals surface area contributed by atoms with E-state index in [9.17, 15) is 4.79 Å². The molecular weight excluding hydrogens is 466 g/mol. The molecule has 2 aliphatic heterocycles. The van der Waals surface area contributed by atoms with E-state index in [-0.39, 0.29) is 17.0 Å². The minimum absolute atomic E-state index is 0.0418. The van der Waals surface area contributed by atoms with Crippen LogP contribution in [-0.2, 0) is 17.8 Å². The number of nitrogens with one attached hydrogen (secondary N) is 2. The second-order valence-corrected chi connectivity index (χ2v) is 11.2. The van der Waals surface area contributed by atoms with Crippen LogP contribution in [0.5, 0.6) is 0 Å². The summed E-state index contributed by atoms with van der Waals surface area (Å²) in [6, 6.07) is 6.39. The van der Waals surface area contributed by atoms with Crippen molar-refractivity contribution in [1.82, 2.24) is 29.2 Å². The molecular formula is C28H35N7O2. The van der Waals surface area contributed by atoms with Crippen molar-refractivity contribution < 1.29 is 4.74 Å². The number of anilines is 1. The molecule has 37 heavy (non-hydrogen) atoms. The standard InChI is InChI=1S/C28H35N7O2/c1-18(2)24-25(31-27-32-28(3,4)17-35(27)26(24)36)22-15-29-23-6-5-19(13-21(22)23)20-14-30-34(16-20)8-7-33-9-11-37-12-10-33/h5-6,13-16,18,29H,7-12,17H2,1-4H3,(H,31,32). The number of H-pyrrole nitrogens is 1. The molecule has 0 unspecified atom stereocenters. The van der Waals surface area contributed by atoms with Crippen molar-refractivity contribution in [2.75, 3.05) is 38.2 Å². The van der Waals surface area contributed by atoms with E-state index in [1.165, 1.54) is 0 Å². The average molecular weight is 502 g/mol. The SMILES string of the molecule is CC(C)c1c(-c2c[nH]c3ccc(-c4cnn(CCN5CCOCC5)c4)cc23)nc2n(c1=O)CC(C)(C)N2. The van der Waals surface area contributed by atoms with Gasteiger partial charge in [-0.15, -0.1) is 0 Å². The Morgan fingerprint density at radius 3 is 2.73 bits per heavy atom. The Bertz CT molecular complexity index is 1500. The van der Waals surface area contributed by atoms with Gasteiger partial charge in [-0.3, -0.25) is 18.9 Å². The molecule has 9 nitrogen and oxygen atoms in total. The molecule has 3 aromatic heterocycles. The van der Waals surface area contributed by atoms with E-state index in [4.69, 9.17) is 9.72 Å². The number of hydrogen-bond donors (Lipinski definition) is 2. The minimum atomic E-state index is -0.207. The first-order valence-electron chi connectivity index (χ1n) is 13.2. The van der Waals surface area contributed by atoms with Crippen molar-refractivity contribution in [2.24, 2.45) is 0 Å². The van der Waals surface area contributed by atoms with Crippen molar-refractivity contribution in [3.05, 3.63) is 52.7 Å². The molecule has 0 spiro atoms. The third kappa shape index (κ3) is 4.46. The maximum Gasteiger partial charge on any atom is 0.259 e. The van der Waals surface area contributed by atoms with E-state index in [2.05, 4.69) is 72.4 Å². The van der Waals surface area contributed by atoms with Gasteiger partial charge in [0, 0.05) is 59.6 Å². The summed E-state index contributed by atoms with van der Waals surface area (Å²) in [6.07, 6.45) is 6.02. The van der Waals surface area contributed by atoms with Crippen LogP contribution in [0.1, 0.15) is 39.2 Å². The normalized spacial score (nSPS) is 17.4. The Balaban J connectivity index is 1.35. The van der Waals surface area contributed by atoms with Crippen molar-refractivity contribution in [1.29, 1.82) is 0 Å². The van der Waals surface area contributed by atoms with Gasteiger partial charge in [0.25, 0.3) is 5.56 Å². The Hall–Kier alpha value is -3.43. The van der Waals surface area contributed by atoms with Gasteiger partial charge in [0.05, 0.1) is 43.7 Å². The molecule has 9 heteroatoms. The molecule has 5 heterocycles. The average Bonchev–Trinajstić information content (AvgIpc) is 3.58. The minimum Gasteiger partial charge on any atom is -0.379 e. The van der Waals surface area contributed by atoms with Crippen LogP contribution in [0.2, 0.25) is 0 Å². The van der Waals surface area contributed by atoms with Crippen LogP contribution in [0.3, 0.4) is 0 Å². The predicted molar refractivity (Wildman–Crippen MR) is 146 cm³/mol. The third-order valence-electron chi connectivity index (χ3n) is 7.44. The van der Waals surface area contributed by atoms with Crippen LogP contribution in [-0.4, -0.2) is 67.6 Å². The van der Waals surface area contributed by atoms with E-state index in [1.807, 2.05) is 17.1 Å². The first kappa shape index (κ1) is 23.9. The van der Waals surface area contributed by atoms with E-state index in [0.717, 1.165) is 78.2 Å². The fourth-order valence-corrected chi connectivity index (χ4v) is 5.47. The molecule has 4 aromatic rings. The summed E-state index contributed by atoms with van der Waals surface area (Å²) in [4.78, 5) is 24.4.